The Hall–Kier alpha value is -0.0400. The van der Waals surface area contributed by atoms with E-state index in [1.807, 2.05) is 0 Å². The lowest BCUT2D eigenvalue weighted by atomic mass is 9.69. The van der Waals surface area contributed by atoms with Crippen molar-refractivity contribution in [1.82, 2.24) is 0 Å². The van der Waals surface area contributed by atoms with Crippen molar-refractivity contribution in [2.75, 3.05) is 6.61 Å². The van der Waals surface area contributed by atoms with Gasteiger partial charge in [0.2, 0.25) is 0 Å². The fraction of sp³-hybridized carbons (Fsp3) is 1.00. The topological polar surface area (TPSA) is 20.2 Å². The maximum Gasteiger partial charge on any atom is 0.0459 e. The fourth-order valence-corrected chi connectivity index (χ4v) is 4.65. The molecule has 0 unspecified atom stereocenters. The highest BCUT2D eigenvalue weighted by molar-refractivity contribution is 4.81. The maximum absolute atomic E-state index is 9.24. The van der Waals surface area contributed by atoms with Crippen LogP contribution in [0.1, 0.15) is 90.4 Å². The van der Waals surface area contributed by atoms with Crippen molar-refractivity contribution in [2.24, 2.45) is 23.7 Å². The summed E-state index contributed by atoms with van der Waals surface area (Å²) in [6.45, 7) is 2.73. The average molecular weight is 280 g/mol. The van der Waals surface area contributed by atoms with Crippen LogP contribution in [0, 0.1) is 23.7 Å². The zero-order valence-corrected chi connectivity index (χ0v) is 13.7. The van der Waals surface area contributed by atoms with Gasteiger partial charge in [0.05, 0.1) is 0 Å². The molecule has 0 aliphatic heterocycles. The first-order valence-corrected chi connectivity index (χ1v) is 9.44. The lowest BCUT2D eigenvalue weighted by Crippen LogP contribution is -2.26. The Morgan fingerprint density at radius 3 is 1.75 bits per heavy atom. The third-order valence-corrected chi connectivity index (χ3v) is 6.17. The number of hydrogen-bond donors (Lipinski definition) is 1. The molecular formula is C19H36O. The van der Waals surface area contributed by atoms with E-state index < -0.39 is 0 Å². The summed E-state index contributed by atoms with van der Waals surface area (Å²) in [6.07, 6.45) is 18.7. The van der Waals surface area contributed by atoms with Gasteiger partial charge in [-0.2, -0.15) is 0 Å². The van der Waals surface area contributed by atoms with E-state index >= 15 is 0 Å². The highest BCUT2D eigenvalue weighted by Gasteiger charge is 2.30. The number of aliphatic hydroxyl groups is 1. The van der Waals surface area contributed by atoms with Gasteiger partial charge in [0.15, 0.2) is 0 Å². The van der Waals surface area contributed by atoms with Crippen molar-refractivity contribution in [3.8, 4) is 0 Å². The summed E-state index contributed by atoms with van der Waals surface area (Å²) in [5.41, 5.74) is 0. The van der Waals surface area contributed by atoms with Gasteiger partial charge in [0.1, 0.15) is 0 Å². The Morgan fingerprint density at radius 1 is 0.700 bits per heavy atom. The highest BCUT2D eigenvalue weighted by Crippen LogP contribution is 2.42. The van der Waals surface area contributed by atoms with Crippen LogP contribution in [0.2, 0.25) is 0 Å². The highest BCUT2D eigenvalue weighted by atomic mass is 16.3. The van der Waals surface area contributed by atoms with Crippen LogP contribution in [-0.4, -0.2) is 11.7 Å². The molecule has 0 aromatic carbocycles. The van der Waals surface area contributed by atoms with Gasteiger partial charge >= 0.3 is 0 Å². The summed E-state index contributed by atoms with van der Waals surface area (Å²) in [7, 11) is 0. The molecule has 0 saturated heterocycles. The predicted molar refractivity (Wildman–Crippen MR) is 86.7 cm³/mol. The van der Waals surface area contributed by atoms with Crippen LogP contribution in [0.25, 0.3) is 0 Å². The van der Waals surface area contributed by atoms with Crippen molar-refractivity contribution >= 4 is 0 Å². The van der Waals surface area contributed by atoms with E-state index in [0.717, 1.165) is 17.8 Å². The van der Waals surface area contributed by atoms with Gasteiger partial charge < -0.3 is 5.11 Å². The Morgan fingerprint density at radius 2 is 1.25 bits per heavy atom. The number of hydrogen-bond acceptors (Lipinski definition) is 1. The summed E-state index contributed by atoms with van der Waals surface area (Å²) in [6, 6.07) is 0. The van der Waals surface area contributed by atoms with E-state index in [0.29, 0.717) is 12.5 Å². The van der Waals surface area contributed by atoms with Crippen molar-refractivity contribution in [3.63, 3.8) is 0 Å². The monoisotopic (exact) mass is 280 g/mol. The van der Waals surface area contributed by atoms with Crippen molar-refractivity contribution in [3.05, 3.63) is 0 Å². The predicted octanol–water partition coefficient (Wildman–Crippen LogP) is 5.56. The molecule has 1 nitrogen and oxygen atoms in total. The molecular weight excluding hydrogens is 244 g/mol. The second kappa shape index (κ2) is 9.07. The first-order valence-electron chi connectivity index (χ1n) is 9.44. The Bertz CT molecular complexity index is 234. The third kappa shape index (κ3) is 5.06. The van der Waals surface area contributed by atoms with E-state index in [1.54, 1.807) is 0 Å². The fourth-order valence-electron chi connectivity index (χ4n) is 4.65. The summed E-state index contributed by atoms with van der Waals surface area (Å²) >= 11 is 0. The van der Waals surface area contributed by atoms with E-state index in [-0.39, 0.29) is 0 Å². The van der Waals surface area contributed by atoms with Crippen LogP contribution in [0.15, 0.2) is 0 Å². The van der Waals surface area contributed by atoms with Crippen LogP contribution in [0.5, 0.6) is 0 Å². The summed E-state index contributed by atoms with van der Waals surface area (Å²) < 4.78 is 0. The summed E-state index contributed by atoms with van der Waals surface area (Å²) in [5.74, 6) is 3.71. The van der Waals surface area contributed by atoms with E-state index in [4.69, 9.17) is 0 Å². The van der Waals surface area contributed by atoms with Gasteiger partial charge in [-0.05, 0) is 62.2 Å². The zero-order chi connectivity index (χ0) is 14.2. The van der Waals surface area contributed by atoms with Crippen molar-refractivity contribution in [1.29, 1.82) is 0 Å². The van der Waals surface area contributed by atoms with Gasteiger partial charge in [-0.3, -0.25) is 0 Å². The van der Waals surface area contributed by atoms with Crippen LogP contribution < -0.4 is 0 Å². The van der Waals surface area contributed by atoms with E-state index in [9.17, 15) is 5.11 Å². The lowest BCUT2D eigenvalue weighted by Gasteiger charge is -2.37. The van der Waals surface area contributed by atoms with Crippen LogP contribution in [0.3, 0.4) is 0 Å². The molecule has 0 heterocycles. The zero-order valence-electron chi connectivity index (χ0n) is 13.7. The Kier molecular flexibility index (Phi) is 7.41. The molecule has 0 amide bonds. The van der Waals surface area contributed by atoms with E-state index in [1.165, 1.54) is 83.5 Å². The summed E-state index contributed by atoms with van der Waals surface area (Å²) in [5, 5.41) is 9.24. The molecule has 1 heteroatoms. The minimum atomic E-state index is 0.428. The number of unbranched alkanes of at least 4 members (excludes halogenated alkanes) is 3. The third-order valence-electron chi connectivity index (χ3n) is 6.17. The smallest absolute Gasteiger partial charge is 0.0459 e. The molecule has 2 rings (SSSR count). The molecule has 2 aliphatic rings. The molecule has 2 fully saturated rings. The summed E-state index contributed by atoms with van der Waals surface area (Å²) in [4.78, 5) is 0. The number of rotatable bonds is 7. The maximum atomic E-state index is 9.24. The molecule has 1 N–H and O–H groups in total. The standard InChI is InChI=1S/C19H36O/c1-2-3-4-5-6-16-7-11-18(12-8-16)19-13-9-17(15-20)10-14-19/h16-20H,2-15H2,1H3/t16-,17-,18-,19-. The van der Waals surface area contributed by atoms with Gasteiger partial charge in [-0.15, -0.1) is 0 Å². The Labute approximate surface area is 126 Å². The lowest BCUT2D eigenvalue weighted by molar-refractivity contribution is 0.115. The van der Waals surface area contributed by atoms with Crippen LogP contribution in [-0.2, 0) is 0 Å². The van der Waals surface area contributed by atoms with Crippen molar-refractivity contribution < 1.29 is 5.11 Å². The first-order chi connectivity index (χ1) is 9.83. The minimum Gasteiger partial charge on any atom is -0.396 e. The van der Waals surface area contributed by atoms with Gasteiger partial charge in [-0.25, -0.2) is 0 Å². The second-order valence-corrected chi connectivity index (χ2v) is 7.59. The van der Waals surface area contributed by atoms with E-state index in [2.05, 4.69) is 6.92 Å². The van der Waals surface area contributed by atoms with Gasteiger partial charge in [-0.1, -0.05) is 51.9 Å². The molecule has 118 valence electrons. The molecule has 2 aliphatic carbocycles. The SMILES string of the molecule is CCCCCC[C@H]1CC[C@H]([C@H]2CC[C@H](CO)CC2)CC1. The number of aliphatic hydroxyl groups excluding tert-OH is 1. The normalized spacial score (nSPS) is 35.1. The molecule has 0 bridgehead atoms. The molecule has 0 aromatic heterocycles. The van der Waals surface area contributed by atoms with Crippen LogP contribution in [0.4, 0.5) is 0 Å². The molecule has 0 spiro atoms. The van der Waals surface area contributed by atoms with Crippen molar-refractivity contribution in [2.45, 2.75) is 90.4 Å². The molecule has 2 saturated carbocycles. The Balaban J connectivity index is 1.59. The van der Waals surface area contributed by atoms with Gasteiger partial charge in [0.25, 0.3) is 0 Å². The largest absolute Gasteiger partial charge is 0.396 e. The quantitative estimate of drug-likeness (QED) is 0.605. The van der Waals surface area contributed by atoms with Crippen LogP contribution >= 0.6 is 0 Å². The second-order valence-electron chi connectivity index (χ2n) is 7.59. The molecule has 0 radical (unpaired) electrons. The molecule has 20 heavy (non-hydrogen) atoms. The average Bonchev–Trinajstić information content (AvgIpc) is 2.52. The minimum absolute atomic E-state index is 0.428. The first kappa shape index (κ1) is 16.3. The van der Waals surface area contributed by atoms with Gasteiger partial charge in [0, 0.05) is 6.61 Å². The molecule has 0 atom stereocenters. The molecule has 0 aromatic rings.